The Morgan fingerprint density at radius 3 is 2.50 bits per heavy atom. The monoisotopic (exact) mass is 303 g/mol. The Kier molecular flexibility index (Phi) is 4.87. The zero-order chi connectivity index (χ0) is 15.4. The zero-order valence-corrected chi connectivity index (χ0v) is 13.3. The van der Waals surface area contributed by atoms with Crippen LogP contribution in [0, 0.1) is 0 Å². The lowest BCUT2D eigenvalue weighted by Gasteiger charge is -2.33. The van der Waals surface area contributed by atoms with E-state index in [1.165, 1.54) is 25.7 Å². The van der Waals surface area contributed by atoms with E-state index in [-0.39, 0.29) is 5.91 Å². The van der Waals surface area contributed by atoms with Crippen molar-refractivity contribution in [3.63, 3.8) is 0 Å². The molecule has 1 aromatic rings. The second-order valence-corrected chi connectivity index (χ2v) is 6.16. The molecule has 2 aliphatic rings. The van der Waals surface area contributed by atoms with Crippen LogP contribution >= 0.6 is 0 Å². The quantitative estimate of drug-likeness (QED) is 0.915. The average molecular weight is 303 g/mol. The molecule has 120 valence electrons. The second-order valence-electron chi connectivity index (χ2n) is 6.16. The van der Waals surface area contributed by atoms with Crippen LogP contribution < -0.4 is 5.32 Å². The molecule has 0 aromatic carbocycles. The van der Waals surface area contributed by atoms with Gasteiger partial charge in [-0.05, 0) is 31.5 Å². The van der Waals surface area contributed by atoms with Crippen molar-refractivity contribution in [2.75, 3.05) is 38.0 Å². The van der Waals surface area contributed by atoms with Crippen molar-refractivity contribution in [1.82, 2.24) is 20.0 Å². The first kappa shape index (κ1) is 15.2. The minimum absolute atomic E-state index is 0.00401. The van der Waals surface area contributed by atoms with Gasteiger partial charge in [0.15, 0.2) is 5.69 Å². The van der Waals surface area contributed by atoms with E-state index in [1.54, 1.807) is 6.07 Å². The van der Waals surface area contributed by atoms with Crippen LogP contribution in [-0.2, 0) is 0 Å². The molecule has 1 amide bonds. The number of nitrogens with zero attached hydrogens (tertiary/aromatic N) is 4. The third-order valence-electron chi connectivity index (χ3n) is 4.70. The Hall–Kier alpha value is -1.69. The topological polar surface area (TPSA) is 61.4 Å². The minimum atomic E-state index is -0.00401. The van der Waals surface area contributed by atoms with Gasteiger partial charge in [-0.1, -0.05) is 19.8 Å². The number of amides is 1. The van der Waals surface area contributed by atoms with Crippen LogP contribution in [0.1, 0.15) is 43.1 Å². The standard InChI is InChI=1S/C16H25N5O/c1-2-20-9-11-21(12-10-20)16(22)14-7-8-15(19-18-14)17-13-5-3-4-6-13/h7-8,13H,2-6,9-12H2,1H3,(H,17,19). The first-order valence-corrected chi connectivity index (χ1v) is 8.38. The Bertz CT molecular complexity index is 490. The van der Waals surface area contributed by atoms with Crippen molar-refractivity contribution in [1.29, 1.82) is 0 Å². The van der Waals surface area contributed by atoms with Crippen LogP contribution in [0.15, 0.2) is 12.1 Å². The SMILES string of the molecule is CCN1CCN(C(=O)c2ccc(NC3CCCC3)nn2)CC1. The molecule has 2 fully saturated rings. The fraction of sp³-hybridized carbons (Fsp3) is 0.688. The van der Waals surface area contributed by atoms with Crippen molar-refractivity contribution in [2.45, 2.75) is 38.6 Å². The summed E-state index contributed by atoms with van der Waals surface area (Å²) in [6, 6.07) is 4.18. The Balaban J connectivity index is 1.56. The van der Waals surface area contributed by atoms with Crippen LogP contribution in [-0.4, -0.2) is 64.7 Å². The van der Waals surface area contributed by atoms with E-state index >= 15 is 0 Å². The number of nitrogens with one attached hydrogen (secondary N) is 1. The first-order chi connectivity index (χ1) is 10.8. The Morgan fingerprint density at radius 2 is 1.91 bits per heavy atom. The van der Waals surface area contributed by atoms with Crippen LogP contribution in [0.2, 0.25) is 0 Å². The summed E-state index contributed by atoms with van der Waals surface area (Å²) >= 11 is 0. The fourth-order valence-corrected chi connectivity index (χ4v) is 3.23. The van der Waals surface area contributed by atoms with Gasteiger partial charge in [0.1, 0.15) is 5.82 Å². The number of hydrogen-bond acceptors (Lipinski definition) is 5. The molecule has 0 unspecified atom stereocenters. The molecule has 2 heterocycles. The molecule has 1 saturated carbocycles. The van der Waals surface area contributed by atoms with Crippen LogP contribution in [0.25, 0.3) is 0 Å². The van der Waals surface area contributed by atoms with Gasteiger partial charge in [-0.15, -0.1) is 10.2 Å². The van der Waals surface area contributed by atoms with Crippen LogP contribution in [0.5, 0.6) is 0 Å². The lowest BCUT2D eigenvalue weighted by atomic mass is 10.2. The highest BCUT2D eigenvalue weighted by Crippen LogP contribution is 2.21. The molecule has 1 aliphatic heterocycles. The Morgan fingerprint density at radius 1 is 1.18 bits per heavy atom. The number of aromatic nitrogens is 2. The maximum atomic E-state index is 12.4. The second kappa shape index (κ2) is 7.05. The van der Waals surface area contributed by atoms with Gasteiger partial charge in [0.25, 0.3) is 5.91 Å². The van der Waals surface area contributed by atoms with Crippen molar-refractivity contribution in [2.24, 2.45) is 0 Å². The van der Waals surface area contributed by atoms with E-state index in [4.69, 9.17) is 0 Å². The summed E-state index contributed by atoms with van der Waals surface area (Å²) in [7, 11) is 0. The number of piperazine rings is 1. The Labute approximate surface area is 131 Å². The van der Waals surface area contributed by atoms with Crippen LogP contribution in [0.4, 0.5) is 5.82 Å². The number of likely N-dealkylation sites (N-methyl/N-ethyl adjacent to an activating group) is 1. The molecule has 1 aliphatic carbocycles. The molecule has 1 saturated heterocycles. The lowest BCUT2D eigenvalue weighted by molar-refractivity contribution is 0.0636. The molecule has 6 nitrogen and oxygen atoms in total. The third kappa shape index (κ3) is 3.55. The van der Waals surface area contributed by atoms with Gasteiger partial charge in [0.2, 0.25) is 0 Å². The summed E-state index contributed by atoms with van der Waals surface area (Å²) in [5, 5.41) is 11.7. The fourth-order valence-electron chi connectivity index (χ4n) is 3.23. The highest BCUT2D eigenvalue weighted by molar-refractivity contribution is 5.92. The van der Waals surface area contributed by atoms with E-state index in [0.29, 0.717) is 11.7 Å². The number of rotatable bonds is 4. The molecule has 1 N–H and O–H groups in total. The molecular formula is C16H25N5O. The van der Waals surface area contributed by atoms with E-state index in [0.717, 1.165) is 38.5 Å². The van der Waals surface area contributed by atoms with E-state index in [9.17, 15) is 4.79 Å². The lowest BCUT2D eigenvalue weighted by Crippen LogP contribution is -2.48. The van der Waals surface area contributed by atoms with Gasteiger partial charge in [-0.3, -0.25) is 4.79 Å². The van der Waals surface area contributed by atoms with Crippen molar-refractivity contribution in [3.05, 3.63) is 17.8 Å². The molecule has 0 radical (unpaired) electrons. The van der Waals surface area contributed by atoms with E-state index < -0.39 is 0 Å². The molecule has 22 heavy (non-hydrogen) atoms. The molecular weight excluding hydrogens is 278 g/mol. The van der Waals surface area contributed by atoms with Gasteiger partial charge >= 0.3 is 0 Å². The predicted molar refractivity (Wildman–Crippen MR) is 85.9 cm³/mol. The van der Waals surface area contributed by atoms with Gasteiger partial charge in [-0.25, -0.2) is 0 Å². The summed E-state index contributed by atoms with van der Waals surface area (Å²) < 4.78 is 0. The maximum Gasteiger partial charge on any atom is 0.274 e. The zero-order valence-electron chi connectivity index (χ0n) is 13.3. The molecule has 0 atom stereocenters. The molecule has 6 heteroatoms. The van der Waals surface area contributed by atoms with Crippen molar-refractivity contribution in [3.8, 4) is 0 Å². The van der Waals surface area contributed by atoms with Crippen molar-refractivity contribution >= 4 is 11.7 Å². The summed E-state index contributed by atoms with van der Waals surface area (Å²) in [5.41, 5.74) is 0.446. The number of anilines is 1. The van der Waals surface area contributed by atoms with Gasteiger partial charge < -0.3 is 15.1 Å². The molecule has 0 bridgehead atoms. The average Bonchev–Trinajstić information content (AvgIpc) is 3.08. The molecule has 0 spiro atoms. The predicted octanol–water partition coefficient (Wildman–Crippen LogP) is 1.61. The number of carbonyl (C=O) groups is 1. The highest BCUT2D eigenvalue weighted by atomic mass is 16.2. The normalized spacial score (nSPS) is 20.3. The summed E-state index contributed by atoms with van der Waals surface area (Å²) in [6.45, 7) is 6.63. The summed E-state index contributed by atoms with van der Waals surface area (Å²) in [5.74, 6) is 0.773. The number of hydrogen-bond donors (Lipinski definition) is 1. The van der Waals surface area contributed by atoms with E-state index in [1.807, 2.05) is 11.0 Å². The largest absolute Gasteiger partial charge is 0.366 e. The highest BCUT2D eigenvalue weighted by Gasteiger charge is 2.22. The van der Waals surface area contributed by atoms with Gasteiger partial charge in [-0.2, -0.15) is 0 Å². The minimum Gasteiger partial charge on any atom is -0.366 e. The van der Waals surface area contributed by atoms with Gasteiger partial charge in [0, 0.05) is 32.2 Å². The summed E-state index contributed by atoms with van der Waals surface area (Å²) in [6.07, 6.45) is 4.96. The van der Waals surface area contributed by atoms with E-state index in [2.05, 4.69) is 27.3 Å². The van der Waals surface area contributed by atoms with Crippen molar-refractivity contribution < 1.29 is 4.79 Å². The smallest absolute Gasteiger partial charge is 0.274 e. The molecule has 1 aromatic heterocycles. The number of carbonyl (C=O) groups excluding carboxylic acids is 1. The van der Waals surface area contributed by atoms with Gasteiger partial charge in [0.05, 0.1) is 0 Å². The maximum absolute atomic E-state index is 12.4. The first-order valence-electron chi connectivity index (χ1n) is 8.38. The molecule has 3 rings (SSSR count). The van der Waals surface area contributed by atoms with Crippen LogP contribution in [0.3, 0.4) is 0 Å². The summed E-state index contributed by atoms with van der Waals surface area (Å²) in [4.78, 5) is 16.7. The third-order valence-corrected chi connectivity index (χ3v) is 4.70.